The number of hydrogen-bond acceptors (Lipinski definition) is 6. The SMILES string of the molecule is Cc1nc(N2CCOCC2)[nH]c(=O)c1CCC(=O)Nc1ccnn1Cc1cccc(Cl)c1Cl. The van der Waals surface area contributed by atoms with Gasteiger partial charge in [-0.15, -0.1) is 0 Å². The Morgan fingerprint density at radius 1 is 1.24 bits per heavy atom. The molecule has 0 bridgehead atoms. The maximum absolute atomic E-state index is 12.6. The summed E-state index contributed by atoms with van der Waals surface area (Å²) in [6.07, 6.45) is 2.00. The van der Waals surface area contributed by atoms with Crippen molar-refractivity contribution in [2.45, 2.75) is 26.3 Å². The Bertz CT molecular complexity index is 1200. The minimum Gasteiger partial charge on any atom is -0.378 e. The van der Waals surface area contributed by atoms with E-state index in [0.717, 1.165) is 5.56 Å². The summed E-state index contributed by atoms with van der Waals surface area (Å²) >= 11 is 12.4. The third kappa shape index (κ3) is 5.55. The Hall–Kier alpha value is -2.88. The molecule has 9 nitrogen and oxygen atoms in total. The van der Waals surface area contributed by atoms with Gasteiger partial charge in [-0.3, -0.25) is 14.6 Å². The quantitative estimate of drug-likeness (QED) is 0.527. The number of ether oxygens (including phenoxy) is 1. The highest BCUT2D eigenvalue weighted by Gasteiger charge is 2.17. The van der Waals surface area contributed by atoms with Gasteiger partial charge in [-0.05, 0) is 25.0 Å². The highest BCUT2D eigenvalue weighted by molar-refractivity contribution is 6.42. The zero-order valence-electron chi connectivity index (χ0n) is 18.1. The number of carbonyl (C=O) groups excluding carboxylic acids is 1. The number of aryl methyl sites for hydroxylation is 1. The number of nitrogens with one attached hydrogen (secondary N) is 2. The number of hydrogen-bond donors (Lipinski definition) is 2. The van der Waals surface area contributed by atoms with Crippen LogP contribution in [0.25, 0.3) is 0 Å². The molecule has 1 fully saturated rings. The Morgan fingerprint density at radius 3 is 2.79 bits per heavy atom. The maximum Gasteiger partial charge on any atom is 0.255 e. The summed E-state index contributed by atoms with van der Waals surface area (Å²) in [5.74, 6) is 0.838. The van der Waals surface area contributed by atoms with E-state index in [1.54, 1.807) is 29.9 Å². The lowest BCUT2D eigenvalue weighted by molar-refractivity contribution is -0.116. The summed E-state index contributed by atoms with van der Waals surface area (Å²) in [4.78, 5) is 34.6. The third-order valence-electron chi connectivity index (χ3n) is 5.46. The van der Waals surface area contributed by atoms with E-state index >= 15 is 0 Å². The van der Waals surface area contributed by atoms with Gasteiger partial charge in [0.25, 0.3) is 5.56 Å². The fourth-order valence-corrected chi connectivity index (χ4v) is 4.04. The summed E-state index contributed by atoms with van der Waals surface area (Å²) in [6.45, 7) is 4.70. The van der Waals surface area contributed by atoms with Gasteiger partial charge in [0.2, 0.25) is 11.9 Å². The first kappa shape index (κ1) is 23.3. The van der Waals surface area contributed by atoms with Gasteiger partial charge in [0.1, 0.15) is 5.82 Å². The normalized spacial score (nSPS) is 13.8. The molecule has 0 saturated carbocycles. The van der Waals surface area contributed by atoms with Gasteiger partial charge in [0.05, 0.1) is 36.0 Å². The second-order valence-electron chi connectivity index (χ2n) is 7.69. The molecule has 3 heterocycles. The molecule has 0 radical (unpaired) electrons. The standard InChI is InChI=1S/C22H24Cl2N6O3/c1-14-16(21(32)28-22(26-14)29-9-11-33-12-10-29)5-6-19(31)27-18-7-8-25-30(18)13-15-3-2-4-17(23)20(15)24/h2-4,7-8H,5-6,9-13H2,1H3,(H,27,31)(H,26,28,32). The van der Waals surface area contributed by atoms with E-state index in [9.17, 15) is 9.59 Å². The van der Waals surface area contributed by atoms with Crippen molar-refractivity contribution in [3.05, 3.63) is 67.7 Å². The highest BCUT2D eigenvalue weighted by Crippen LogP contribution is 2.26. The number of morpholine rings is 1. The van der Waals surface area contributed by atoms with Crippen molar-refractivity contribution in [1.29, 1.82) is 0 Å². The molecule has 1 aromatic carbocycles. The van der Waals surface area contributed by atoms with Crippen LogP contribution >= 0.6 is 23.2 Å². The van der Waals surface area contributed by atoms with Crippen LogP contribution in [0.5, 0.6) is 0 Å². The molecule has 0 atom stereocenters. The molecule has 3 aromatic rings. The predicted octanol–water partition coefficient (Wildman–Crippen LogP) is 3.04. The van der Waals surface area contributed by atoms with Gasteiger partial charge >= 0.3 is 0 Å². The summed E-state index contributed by atoms with van der Waals surface area (Å²) in [7, 11) is 0. The van der Waals surface area contributed by atoms with Crippen LogP contribution in [0, 0.1) is 6.92 Å². The fourth-order valence-electron chi connectivity index (χ4n) is 3.66. The molecule has 2 N–H and O–H groups in total. The monoisotopic (exact) mass is 490 g/mol. The molecule has 2 aromatic heterocycles. The molecular formula is C22H24Cl2N6O3. The van der Waals surface area contributed by atoms with E-state index in [0.29, 0.717) is 65.9 Å². The first-order valence-corrected chi connectivity index (χ1v) is 11.3. The van der Waals surface area contributed by atoms with Gasteiger partial charge in [0.15, 0.2) is 0 Å². The molecule has 1 amide bonds. The smallest absolute Gasteiger partial charge is 0.255 e. The van der Waals surface area contributed by atoms with E-state index in [2.05, 4.69) is 20.4 Å². The van der Waals surface area contributed by atoms with Crippen molar-refractivity contribution < 1.29 is 9.53 Å². The van der Waals surface area contributed by atoms with Gasteiger partial charge < -0.3 is 15.0 Å². The number of anilines is 2. The topological polar surface area (TPSA) is 105 Å². The van der Waals surface area contributed by atoms with Crippen LogP contribution in [-0.4, -0.2) is 52.0 Å². The van der Waals surface area contributed by atoms with Gasteiger partial charge in [0, 0.05) is 36.8 Å². The average Bonchev–Trinajstić information content (AvgIpc) is 3.23. The Morgan fingerprint density at radius 2 is 2.03 bits per heavy atom. The van der Waals surface area contributed by atoms with Crippen LogP contribution in [0.4, 0.5) is 11.8 Å². The maximum atomic E-state index is 12.6. The lowest BCUT2D eigenvalue weighted by Gasteiger charge is -2.27. The zero-order valence-corrected chi connectivity index (χ0v) is 19.6. The number of amides is 1. The number of nitrogens with zero attached hydrogens (tertiary/aromatic N) is 4. The van der Waals surface area contributed by atoms with Crippen molar-refractivity contribution in [2.24, 2.45) is 0 Å². The van der Waals surface area contributed by atoms with E-state index in [1.807, 2.05) is 17.0 Å². The van der Waals surface area contributed by atoms with E-state index in [1.165, 1.54) is 0 Å². The minimum atomic E-state index is -0.231. The molecule has 11 heteroatoms. The average molecular weight is 491 g/mol. The summed E-state index contributed by atoms with van der Waals surface area (Å²) in [5.41, 5.74) is 1.68. The number of carbonyl (C=O) groups is 1. The van der Waals surface area contributed by atoms with Crippen LogP contribution in [0.2, 0.25) is 10.0 Å². The second kappa shape index (κ2) is 10.4. The van der Waals surface area contributed by atoms with Crippen LogP contribution in [0.3, 0.4) is 0 Å². The molecule has 33 heavy (non-hydrogen) atoms. The van der Waals surface area contributed by atoms with Crippen molar-refractivity contribution in [1.82, 2.24) is 19.7 Å². The van der Waals surface area contributed by atoms with Crippen LogP contribution in [0.15, 0.2) is 35.3 Å². The highest BCUT2D eigenvalue weighted by atomic mass is 35.5. The molecule has 0 spiro atoms. The van der Waals surface area contributed by atoms with Crippen LogP contribution in [0.1, 0.15) is 23.2 Å². The van der Waals surface area contributed by atoms with Crippen molar-refractivity contribution in [3.8, 4) is 0 Å². The first-order chi connectivity index (χ1) is 15.9. The number of aromatic amines is 1. The van der Waals surface area contributed by atoms with E-state index in [-0.39, 0.29) is 24.3 Å². The molecule has 1 aliphatic heterocycles. The van der Waals surface area contributed by atoms with Gasteiger partial charge in [-0.1, -0.05) is 35.3 Å². The molecule has 1 aliphatic rings. The fraction of sp³-hybridized carbons (Fsp3) is 0.364. The number of aromatic nitrogens is 4. The number of rotatable bonds is 7. The zero-order chi connectivity index (χ0) is 23.4. The van der Waals surface area contributed by atoms with E-state index < -0.39 is 0 Å². The molecule has 4 rings (SSSR count). The molecular weight excluding hydrogens is 467 g/mol. The van der Waals surface area contributed by atoms with Crippen molar-refractivity contribution in [3.63, 3.8) is 0 Å². The predicted molar refractivity (Wildman–Crippen MR) is 127 cm³/mol. The lowest BCUT2D eigenvalue weighted by atomic mass is 10.1. The number of halogens is 2. The van der Waals surface area contributed by atoms with Gasteiger partial charge in [-0.2, -0.15) is 5.10 Å². The number of benzene rings is 1. The summed E-state index contributed by atoms with van der Waals surface area (Å²) in [6, 6.07) is 7.08. The summed E-state index contributed by atoms with van der Waals surface area (Å²) < 4.78 is 6.97. The van der Waals surface area contributed by atoms with Crippen LogP contribution < -0.4 is 15.8 Å². The Balaban J connectivity index is 1.39. The Labute approximate surface area is 200 Å². The van der Waals surface area contributed by atoms with Crippen molar-refractivity contribution >= 4 is 40.9 Å². The second-order valence-corrected chi connectivity index (χ2v) is 8.47. The van der Waals surface area contributed by atoms with Crippen molar-refractivity contribution in [2.75, 3.05) is 36.5 Å². The minimum absolute atomic E-state index is 0.131. The first-order valence-electron chi connectivity index (χ1n) is 10.6. The van der Waals surface area contributed by atoms with Crippen LogP contribution in [-0.2, 0) is 22.5 Å². The number of H-pyrrole nitrogens is 1. The molecule has 1 saturated heterocycles. The summed E-state index contributed by atoms with van der Waals surface area (Å²) in [5, 5.41) is 8.02. The lowest BCUT2D eigenvalue weighted by Crippen LogP contribution is -2.38. The third-order valence-corrected chi connectivity index (χ3v) is 6.32. The van der Waals surface area contributed by atoms with E-state index in [4.69, 9.17) is 27.9 Å². The molecule has 0 unspecified atom stereocenters. The molecule has 0 aliphatic carbocycles. The Kier molecular flexibility index (Phi) is 7.32. The van der Waals surface area contributed by atoms with Gasteiger partial charge in [-0.25, -0.2) is 9.67 Å². The molecule has 174 valence electrons. The largest absolute Gasteiger partial charge is 0.378 e.